The van der Waals surface area contributed by atoms with E-state index < -0.39 is 6.17 Å². The molecule has 294 valence electrons. The largest absolute Gasteiger partial charge is 0.324 e. The van der Waals surface area contributed by atoms with Crippen LogP contribution in [0.3, 0.4) is 0 Å². The number of nitrogens with zero attached hydrogens (tertiary/aromatic N) is 4. The number of hydrogen-bond donors (Lipinski definition) is 1. The minimum Gasteiger partial charge on any atom is -0.324 e. The fourth-order valence-electron chi connectivity index (χ4n) is 9.51. The Hall–Kier alpha value is -8.02. The predicted molar refractivity (Wildman–Crippen MR) is 259 cm³/mol. The van der Waals surface area contributed by atoms with Crippen molar-refractivity contribution in [3.63, 3.8) is 0 Å². The standard InChI is InChI=1S/C57H41N5/c1-3-17-38(18-4-1)40-21-15-23-42(33-40)55-58-56(43-24-16-22-41(34-43)39-19-5-2-6-20-39)60-57(59-55)44-35-45(61-51-29-11-7-25-47(51)48-26-8-12-30-52(48)61)37-46(36-44)62-53-31-13-9-27-49(53)50-28-10-14-32-54(50)62/h1-5,7-19,21-37,57H,6,20H2,(H,58,59,60). The molecule has 10 aromatic rings. The van der Waals surface area contributed by atoms with Crippen molar-refractivity contribution in [2.75, 3.05) is 0 Å². The molecule has 0 fully saturated rings. The van der Waals surface area contributed by atoms with Gasteiger partial charge < -0.3 is 14.5 Å². The molecular weight excluding hydrogens is 755 g/mol. The van der Waals surface area contributed by atoms with E-state index in [0.717, 1.165) is 85.8 Å². The third kappa shape index (κ3) is 6.17. The van der Waals surface area contributed by atoms with Gasteiger partial charge >= 0.3 is 0 Å². The maximum absolute atomic E-state index is 5.53. The molecule has 5 nitrogen and oxygen atoms in total. The van der Waals surface area contributed by atoms with Gasteiger partial charge in [-0.05, 0) is 89.7 Å². The summed E-state index contributed by atoms with van der Waals surface area (Å²) in [6, 6.07) is 69.8. The number of para-hydroxylation sites is 4. The molecule has 0 saturated carbocycles. The van der Waals surface area contributed by atoms with Crippen LogP contribution in [-0.2, 0) is 0 Å². The van der Waals surface area contributed by atoms with Crippen LogP contribution >= 0.6 is 0 Å². The van der Waals surface area contributed by atoms with E-state index in [1.54, 1.807) is 0 Å². The van der Waals surface area contributed by atoms with Crippen molar-refractivity contribution in [3.05, 3.63) is 235 Å². The summed E-state index contributed by atoms with van der Waals surface area (Å²) >= 11 is 0. The van der Waals surface area contributed by atoms with Crippen molar-refractivity contribution >= 4 is 60.9 Å². The lowest BCUT2D eigenvalue weighted by molar-refractivity contribution is 0.754. The summed E-state index contributed by atoms with van der Waals surface area (Å²) in [5.41, 5.74) is 14.6. The van der Waals surface area contributed by atoms with E-state index in [1.165, 1.54) is 32.7 Å². The molecule has 1 aliphatic carbocycles. The molecule has 8 aromatic carbocycles. The molecule has 0 saturated heterocycles. The summed E-state index contributed by atoms with van der Waals surface area (Å²) in [5.74, 6) is 1.57. The van der Waals surface area contributed by atoms with Gasteiger partial charge in [0.15, 0.2) is 6.17 Å². The lowest BCUT2D eigenvalue weighted by atomic mass is 9.95. The van der Waals surface area contributed by atoms with Crippen LogP contribution in [0.5, 0.6) is 0 Å². The fraction of sp³-hybridized carbons (Fsp3) is 0.0526. The monoisotopic (exact) mass is 795 g/mol. The minimum atomic E-state index is -0.554. The van der Waals surface area contributed by atoms with E-state index in [0.29, 0.717) is 0 Å². The van der Waals surface area contributed by atoms with Crippen LogP contribution in [0.25, 0.3) is 71.7 Å². The molecule has 1 unspecified atom stereocenters. The Morgan fingerprint density at radius 1 is 0.419 bits per heavy atom. The lowest BCUT2D eigenvalue weighted by Gasteiger charge is -2.24. The van der Waals surface area contributed by atoms with E-state index in [1.807, 2.05) is 0 Å². The van der Waals surface area contributed by atoms with E-state index in [4.69, 9.17) is 9.98 Å². The maximum atomic E-state index is 5.53. The molecule has 0 amide bonds. The number of benzene rings is 8. The summed E-state index contributed by atoms with van der Waals surface area (Å²) in [5, 5.41) is 8.61. The fourth-order valence-corrected chi connectivity index (χ4v) is 9.51. The van der Waals surface area contributed by atoms with Gasteiger partial charge in [-0.25, -0.2) is 9.98 Å². The van der Waals surface area contributed by atoms with Crippen molar-refractivity contribution in [2.45, 2.75) is 19.0 Å². The van der Waals surface area contributed by atoms with Gasteiger partial charge in [0.25, 0.3) is 0 Å². The normalized spacial score (nSPS) is 15.2. The predicted octanol–water partition coefficient (Wildman–Crippen LogP) is 13.8. The van der Waals surface area contributed by atoms with Crippen molar-refractivity contribution in [1.29, 1.82) is 0 Å². The lowest BCUT2D eigenvalue weighted by Crippen LogP contribution is -2.36. The molecular formula is C57H41N5. The second-order valence-electron chi connectivity index (χ2n) is 16.2. The number of allylic oxidation sites excluding steroid dienone is 4. The first kappa shape index (κ1) is 35.9. The SMILES string of the molecule is C1=CCCC(c2cccc(C3=NC(c4cc(-n5c6ccccc6c6ccccc65)cc(-n5c6ccccc6c6ccccc65)c4)N=C(c4cccc(-c5ccccc5)c4)N3)c2)=C1. The Labute approximate surface area is 360 Å². The average molecular weight is 796 g/mol. The van der Waals surface area contributed by atoms with Gasteiger partial charge in [0.2, 0.25) is 0 Å². The van der Waals surface area contributed by atoms with E-state index in [-0.39, 0.29) is 0 Å². The molecule has 1 atom stereocenters. The summed E-state index contributed by atoms with van der Waals surface area (Å²) in [7, 11) is 0. The number of aliphatic imine (C=N–C) groups is 2. The average Bonchev–Trinajstić information content (AvgIpc) is 3.88. The van der Waals surface area contributed by atoms with Crippen LogP contribution in [-0.4, -0.2) is 20.8 Å². The highest BCUT2D eigenvalue weighted by Gasteiger charge is 2.24. The van der Waals surface area contributed by atoms with E-state index in [9.17, 15) is 0 Å². The van der Waals surface area contributed by atoms with Gasteiger partial charge in [-0.1, -0.05) is 158 Å². The Bertz CT molecular complexity index is 3270. The topological polar surface area (TPSA) is 46.6 Å². The van der Waals surface area contributed by atoms with Crippen molar-refractivity contribution < 1.29 is 0 Å². The zero-order valence-electron chi connectivity index (χ0n) is 34.0. The molecule has 5 heteroatoms. The Morgan fingerprint density at radius 2 is 0.871 bits per heavy atom. The first-order valence-corrected chi connectivity index (χ1v) is 21.4. The minimum absolute atomic E-state index is 0.554. The quantitative estimate of drug-likeness (QED) is 0.172. The highest BCUT2D eigenvalue weighted by Crippen LogP contribution is 2.38. The van der Waals surface area contributed by atoms with Gasteiger partial charge in [0.05, 0.1) is 22.1 Å². The first-order valence-electron chi connectivity index (χ1n) is 21.4. The summed E-state index contributed by atoms with van der Waals surface area (Å²) < 4.78 is 4.81. The van der Waals surface area contributed by atoms with E-state index in [2.05, 4.69) is 227 Å². The molecule has 2 aliphatic rings. The molecule has 1 aliphatic heterocycles. The number of rotatable bonds is 7. The zero-order chi connectivity index (χ0) is 41.0. The molecule has 0 spiro atoms. The van der Waals surface area contributed by atoms with Crippen molar-refractivity contribution in [1.82, 2.24) is 14.5 Å². The van der Waals surface area contributed by atoms with Gasteiger partial charge in [-0.15, -0.1) is 0 Å². The van der Waals surface area contributed by atoms with Crippen LogP contribution in [0.4, 0.5) is 0 Å². The maximum Gasteiger partial charge on any atom is 0.169 e. The molecule has 62 heavy (non-hydrogen) atoms. The molecule has 0 radical (unpaired) electrons. The number of nitrogens with one attached hydrogen (secondary N) is 1. The van der Waals surface area contributed by atoms with Crippen molar-refractivity contribution in [3.8, 4) is 22.5 Å². The number of hydrogen-bond acceptors (Lipinski definition) is 3. The van der Waals surface area contributed by atoms with Crippen LogP contribution in [0.15, 0.2) is 222 Å². The summed E-state index contributed by atoms with van der Waals surface area (Å²) in [6.45, 7) is 0. The number of aromatic nitrogens is 2. The zero-order valence-corrected chi connectivity index (χ0v) is 34.0. The molecule has 2 aromatic heterocycles. The van der Waals surface area contributed by atoms with Crippen LogP contribution in [0.2, 0.25) is 0 Å². The highest BCUT2D eigenvalue weighted by atomic mass is 15.2. The number of amidine groups is 2. The van der Waals surface area contributed by atoms with Crippen molar-refractivity contribution in [2.24, 2.45) is 9.98 Å². The Morgan fingerprint density at radius 3 is 1.39 bits per heavy atom. The smallest absolute Gasteiger partial charge is 0.169 e. The second-order valence-corrected chi connectivity index (χ2v) is 16.2. The van der Waals surface area contributed by atoms with Crippen LogP contribution in [0, 0.1) is 0 Å². The summed E-state index contributed by atoms with van der Waals surface area (Å²) in [4.78, 5) is 11.0. The second kappa shape index (κ2) is 14.9. The van der Waals surface area contributed by atoms with Gasteiger partial charge in [0.1, 0.15) is 11.7 Å². The molecule has 1 N–H and O–H groups in total. The van der Waals surface area contributed by atoms with Gasteiger partial charge in [-0.3, -0.25) is 0 Å². The molecule has 12 rings (SSSR count). The Balaban J connectivity index is 1.11. The van der Waals surface area contributed by atoms with Gasteiger partial charge in [0, 0.05) is 49.6 Å². The van der Waals surface area contributed by atoms with Gasteiger partial charge in [-0.2, -0.15) is 0 Å². The third-order valence-corrected chi connectivity index (χ3v) is 12.4. The number of fused-ring (bicyclic) bond motifs is 6. The Kier molecular flexibility index (Phi) is 8.63. The summed E-state index contributed by atoms with van der Waals surface area (Å²) in [6.07, 6.45) is 8.14. The first-order chi connectivity index (χ1) is 30.7. The molecule has 3 heterocycles. The van der Waals surface area contributed by atoms with Crippen LogP contribution in [0.1, 0.15) is 41.3 Å². The van der Waals surface area contributed by atoms with Crippen LogP contribution < -0.4 is 5.32 Å². The molecule has 0 bridgehead atoms. The third-order valence-electron chi connectivity index (χ3n) is 12.4. The van der Waals surface area contributed by atoms with E-state index >= 15 is 0 Å². The highest BCUT2D eigenvalue weighted by molar-refractivity contribution is 6.16.